The van der Waals surface area contributed by atoms with Crippen molar-refractivity contribution in [3.8, 4) is 11.5 Å². The van der Waals surface area contributed by atoms with Crippen LogP contribution >= 0.6 is 0 Å². The maximum absolute atomic E-state index is 12.0. The summed E-state index contributed by atoms with van der Waals surface area (Å²) in [6.45, 7) is 1.62. The van der Waals surface area contributed by atoms with Gasteiger partial charge in [0, 0.05) is 5.69 Å². The number of phenolic OH excluding ortho intramolecular Hbond substituents is 2. The highest BCUT2D eigenvalue weighted by Crippen LogP contribution is 2.27. The fourth-order valence-corrected chi connectivity index (χ4v) is 1.83. The minimum atomic E-state index is -0.648. The first-order valence-corrected chi connectivity index (χ1v) is 6.09. The van der Waals surface area contributed by atoms with Gasteiger partial charge in [-0.25, -0.2) is 0 Å². The van der Waals surface area contributed by atoms with Crippen molar-refractivity contribution in [2.45, 2.75) is 13.0 Å². The quantitative estimate of drug-likeness (QED) is 0.691. The molecule has 0 aliphatic rings. The number of carbonyl (C=O) groups is 1. The standard InChI is InChI=1S/C15H15NO4/c1-9(17)10-4-2-5-11(8-10)16-15(20)14-12(18)6-3-7-13(14)19/h2-9,17-19H,1H3,(H,16,20). The van der Waals surface area contributed by atoms with Gasteiger partial charge in [0.1, 0.15) is 17.1 Å². The lowest BCUT2D eigenvalue weighted by atomic mass is 10.1. The predicted molar refractivity (Wildman–Crippen MR) is 74.8 cm³/mol. The summed E-state index contributed by atoms with van der Waals surface area (Å²) >= 11 is 0. The van der Waals surface area contributed by atoms with Crippen LogP contribution in [0.2, 0.25) is 0 Å². The van der Waals surface area contributed by atoms with E-state index in [1.54, 1.807) is 31.2 Å². The number of rotatable bonds is 3. The number of amides is 1. The molecule has 5 nitrogen and oxygen atoms in total. The third kappa shape index (κ3) is 2.89. The topological polar surface area (TPSA) is 89.8 Å². The second-order valence-electron chi connectivity index (χ2n) is 4.43. The lowest BCUT2D eigenvalue weighted by Crippen LogP contribution is -2.12. The van der Waals surface area contributed by atoms with Crippen molar-refractivity contribution >= 4 is 11.6 Å². The second-order valence-corrected chi connectivity index (χ2v) is 4.43. The zero-order valence-electron chi connectivity index (χ0n) is 10.9. The number of phenols is 2. The first-order valence-electron chi connectivity index (χ1n) is 6.09. The van der Waals surface area contributed by atoms with Crippen LogP contribution in [-0.2, 0) is 0 Å². The first-order chi connectivity index (χ1) is 9.49. The monoisotopic (exact) mass is 273 g/mol. The van der Waals surface area contributed by atoms with Crippen LogP contribution in [0.4, 0.5) is 5.69 Å². The highest BCUT2D eigenvalue weighted by molar-refractivity contribution is 6.08. The smallest absolute Gasteiger partial charge is 0.263 e. The number of aliphatic hydroxyl groups is 1. The van der Waals surface area contributed by atoms with E-state index in [4.69, 9.17) is 0 Å². The molecule has 1 atom stereocenters. The number of benzene rings is 2. The Kier molecular flexibility index (Phi) is 3.91. The van der Waals surface area contributed by atoms with E-state index in [1.165, 1.54) is 18.2 Å². The van der Waals surface area contributed by atoms with Gasteiger partial charge in [0.05, 0.1) is 6.10 Å². The van der Waals surface area contributed by atoms with E-state index >= 15 is 0 Å². The highest BCUT2D eigenvalue weighted by Gasteiger charge is 2.16. The van der Waals surface area contributed by atoms with Crippen LogP contribution in [-0.4, -0.2) is 21.2 Å². The Hall–Kier alpha value is -2.53. The maximum atomic E-state index is 12.0. The number of anilines is 1. The Morgan fingerprint density at radius 3 is 2.30 bits per heavy atom. The van der Waals surface area contributed by atoms with E-state index < -0.39 is 12.0 Å². The second kappa shape index (κ2) is 5.63. The minimum absolute atomic E-state index is 0.185. The largest absolute Gasteiger partial charge is 0.507 e. The van der Waals surface area contributed by atoms with Gasteiger partial charge >= 0.3 is 0 Å². The molecule has 1 amide bonds. The average molecular weight is 273 g/mol. The van der Waals surface area contributed by atoms with E-state index in [2.05, 4.69) is 5.32 Å². The van der Waals surface area contributed by atoms with Gasteiger partial charge in [0.15, 0.2) is 0 Å². The number of carbonyl (C=O) groups excluding carboxylic acids is 1. The summed E-state index contributed by atoms with van der Waals surface area (Å²) in [4.78, 5) is 12.0. The number of aromatic hydroxyl groups is 2. The van der Waals surface area contributed by atoms with Crippen LogP contribution in [0, 0.1) is 0 Å². The van der Waals surface area contributed by atoms with Gasteiger partial charge in [0.25, 0.3) is 5.91 Å². The number of hydrogen-bond acceptors (Lipinski definition) is 4. The molecular weight excluding hydrogens is 258 g/mol. The van der Waals surface area contributed by atoms with Crippen molar-refractivity contribution < 1.29 is 20.1 Å². The van der Waals surface area contributed by atoms with Crippen molar-refractivity contribution in [3.05, 3.63) is 53.6 Å². The summed E-state index contributed by atoms with van der Waals surface area (Å²) in [5.41, 5.74) is 0.940. The van der Waals surface area contributed by atoms with Crippen molar-refractivity contribution in [1.82, 2.24) is 0 Å². The van der Waals surface area contributed by atoms with Crippen LogP contribution in [0.5, 0.6) is 11.5 Å². The Bertz CT molecular complexity index is 617. The van der Waals surface area contributed by atoms with E-state index in [-0.39, 0.29) is 17.1 Å². The molecular formula is C15H15NO4. The van der Waals surface area contributed by atoms with Crippen molar-refractivity contribution in [1.29, 1.82) is 0 Å². The summed E-state index contributed by atoms with van der Waals surface area (Å²) in [6.07, 6.45) is -0.648. The average Bonchev–Trinajstić information content (AvgIpc) is 2.38. The molecule has 0 fully saturated rings. The number of hydrogen-bond donors (Lipinski definition) is 4. The Labute approximate surface area is 116 Å². The van der Waals surface area contributed by atoms with E-state index in [1.807, 2.05) is 0 Å². The molecule has 4 N–H and O–H groups in total. The molecule has 2 aromatic rings. The molecule has 0 saturated carbocycles. The summed E-state index contributed by atoms with van der Waals surface area (Å²) < 4.78 is 0. The number of aliphatic hydroxyl groups excluding tert-OH is 1. The van der Waals surface area contributed by atoms with Crippen LogP contribution in [0.3, 0.4) is 0 Å². The lowest BCUT2D eigenvalue weighted by Gasteiger charge is -2.10. The molecule has 0 aliphatic heterocycles. The van der Waals surface area contributed by atoms with E-state index in [9.17, 15) is 20.1 Å². The maximum Gasteiger partial charge on any atom is 0.263 e. The third-order valence-electron chi connectivity index (χ3n) is 2.87. The van der Waals surface area contributed by atoms with Gasteiger partial charge in [0.2, 0.25) is 0 Å². The van der Waals surface area contributed by atoms with E-state index in [0.29, 0.717) is 11.3 Å². The third-order valence-corrected chi connectivity index (χ3v) is 2.87. The molecule has 2 aromatic carbocycles. The minimum Gasteiger partial charge on any atom is -0.507 e. The van der Waals surface area contributed by atoms with Gasteiger partial charge in [-0.15, -0.1) is 0 Å². The molecule has 0 aliphatic carbocycles. The molecule has 0 saturated heterocycles. The Balaban J connectivity index is 2.26. The van der Waals surface area contributed by atoms with Crippen LogP contribution in [0.1, 0.15) is 28.9 Å². The zero-order valence-corrected chi connectivity index (χ0v) is 10.9. The molecule has 0 bridgehead atoms. The van der Waals surface area contributed by atoms with Crippen molar-refractivity contribution in [2.24, 2.45) is 0 Å². The Morgan fingerprint density at radius 1 is 1.10 bits per heavy atom. The molecule has 0 heterocycles. The van der Waals surface area contributed by atoms with E-state index in [0.717, 1.165) is 0 Å². The predicted octanol–water partition coefficient (Wildman–Crippen LogP) is 2.40. The van der Waals surface area contributed by atoms with Gasteiger partial charge in [-0.3, -0.25) is 4.79 Å². The van der Waals surface area contributed by atoms with Crippen molar-refractivity contribution in [3.63, 3.8) is 0 Å². The summed E-state index contributed by atoms with van der Waals surface area (Å²) in [5, 5.41) is 31.3. The van der Waals surface area contributed by atoms with Gasteiger partial charge in [-0.2, -0.15) is 0 Å². The first kappa shape index (κ1) is 13.9. The van der Waals surface area contributed by atoms with Gasteiger partial charge in [-0.05, 0) is 36.8 Å². The fourth-order valence-electron chi connectivity index (χ4n) is 1.83. The van der Waals surface area contributed by atoms with Gasteiger partial charge in [-0.1, -0.05) is 18.2 Å². The fraction of sp³-hybridized carbons (Fsp3) is 0.133. The molecule has 0 aromatic heterocycles. The summed E-state index contributed by atoms with van der Waals surface area (Å²) in [7, 11) is 0. The van der Waals surface area contributed by atoms with Crippen molar-refractivity contribution in [2.75, 3.05) is 5.32 Å². The van der Waals surface area contributed by atoms with Crippen LogP contribution in [0.15, 0.2) is 42.5 Å². The molecule has 2 rings (SSSR count). The molecule has 104 valence electrons. The van der Waals surface area contributed by atoms with Crippen LogP contribution in [0.25, 0.3) is 0 Å². The van der Waals surface area contributed by atoms with Crippen LogP contribution < -0.4 is 5.32 Å². The summed E-state index contributed by atoms with van der Waals surface area (Å²) in [5.74, 6) is -1.22. The molecule has 0 spiro atoms. The normalized spacial score (nSPS) is 11.9. The highest BCUT2D eigenvalue weighted by atomic mass is 16.3. The number of nitrogens with one attached hydrogen (secondary N) is 1. The zero-order chi connectivity index (χ0) is 14.7. The SMILES string of the molecule is CC(O)c1cccc(NC(=O)c2c(O)cccc2O)c1. The molecule has 20 heavy (non-hydrogen) atoms. The molecule has 5 heteroatoms. The Morgan fingerprint density at radius 2 is 1.70 bits per heavy atom. The summed E-state index contributed by atoms with van der Waals surface area (Å²) in [6, 6.07) is 10.8. The molecule has 1 unspecified atom stereocenters. The molecule has 0 radical (unpaired) electrons. The van der Waals surface area contributed by atoms with Gasteiger partial charge < -0.3 is 20.6 Å². The lowest BCUT2D eigenvalue weighted by molar-refractivity contribution is 0.102.